The van der Waals surface area contributed by atoms with Gasteiger partial charge in [0.15, 0.2) is 0 Å². The minimum Gasteiger partial charge on any atom is -0.495 e. The smallest absolute Gasteiger partial charge is 0.335 e. The summed E-state index contributed by atoms with van der Waals surface area (Å²) in [5.41, 5.74) is 0.989. The second kappa shape index (κ2) is 24.1. The molecule has 3 aromatic rings. The monoisotopic (exact) mass is 991 g/mol. The number of carbonyl (C=O) groups excluding carboxylic acids is 7. The predicted octanol–water partition coefficient (Wildman–Crippen LogP) is 4.86. The molecule has 20 heteroatoms. The molecule has 2 aromatic carbocycles. The van der Waals surface area contributed by atoms with Crippen LogP contribution in [0.3, 0.4) is 0 Å². The van der Waals surface area contributed by atoms with Crippen molar-refractivity contribution in [2.75, 3.05) is 13.7 Å². The fraction of sp³-hybridized carbons (Fsp3) is 0.540. The third-order valence-corrected chi connectivity index (χ3v) is 13.0. The van der Waals surface area contributed by atoms with E-state index in [0.717, 1.165) is 5.56 Å². The van der Waals surface area contributed by atoms with E-state index in [1.54, 1.807) is 68.1 Å². The minimum absolute atomic E-state index is 0.00627. The van der Waals surface area contributed by atoms with Crippen LogP contribution in [0, 0.1) is 22.7 Å². The van der Waals surface area contributed by atoms with Gasteiger partial charge in [-0.05, 0) is 79.3 Å². The summed E-state index contributed by atoms with van der Waals surface area (Å²) in [4.78, 5) is 95.9. The van der Waals surface area contributed by atoms with Crippen LogP contribution in [-0.4, -0.2) is 105 Å². The average molecular weight is 993 g/mol. The van der Waals surface area contributed by atoms with Gasteiger partial charge in [-0.2, -0.15) is 0 Å². The van der Waals surface area contributed by atoms with E-state index in [1.807, 2.05) is 46.8 Å². The summed E-state index contributed by atoms with van der Waals surface area (Å²) in [6.45, 7) is 14.9. The van der Waals surface area contributed by atoms with E-state index in [9.17, 15) is 38.7 Å². The number of amides is 5. The number of aromatic nitrogens is 3. The Morgan fingerprint density at radius 1 is 0.971 bits per heavy atom. The van der Waals surface area contributed by atoms with Crippen LogP contribution in [0.5, 0.6) is 5.75 Å². The zero-order valence-electron chi connectivity index (χ0n) is 41.3. The van der Waals surface area contributed by atoms with Crippen molar-refractivity contribution in [3.8, 4) is 5.75 Å². The van der Waals surface area contributed by atoms with Gasteiger partial charge < -0.3 is 40.1 Å². The molecular formula is C50H66ClN7O12. The molecule has 4 N–H and O–H groups in total. The van der Waals surface area contributed by atoms with E-state index in [4.69, 9.17) is 30.6 Å². The number of rotatable bonds is 16. The lowest BCUT2D eigenvalue weighted by atomic mass is 9.82. The number of methoxy groups -OCH3 is 1. The Balaban J connectivity index is 1.28. The zero-order chi connectivity index (χ0) is 51.5. The maximum absolute atomic E-state index is 14.2. The highest BCUT2D eigenvalue weighted by atomic mass is 35.5. The molecule has 0 bridgehead atoms. The molecule has 1 saturated heterocycles. The lowest BCUT2D eigenvalue weighted by Gasteiger charge is -2.36. The summed E-state index contributed by atoms with van der Waals surface area (Å²) in [5.74, 6) is -4.64. The van der Waals surface area contributed by atoms with E-state index in [0.29, 0.717) is 39.2 Å². The maximum atomic E-state index is 14.2. The molecule has 70 heavy (non-hydrogen) atoms. The predicted molar refractivity (Wildman–Crippen MR) is 255 cm³/mol. The molecule has 0 radical (unpaired) electrons. The number of hydroxylamine groups is 2. The van der Waals surface area contributed by atoms with Crippen LogP contribution in [0.2, 0.25) is 5.02 Å². The van der Waals surface area contributed by atoms with E-state index < -0.39 is 94.5 Å². The van der Waals surface area contributed by atoms with Gasteiger partial charge in [0, 0.05) is 31.7 Å². The van der Waals surface area contributed by atoms with Crippen molar-refractivity contribution in [3.05, 3.63) is 88.2 Å². The first-order valence-electron chi connectivity index (χ1n) is 23.4. The normalized spacial score (nSPS) is 22.3. The topological polar surface area (TPSA) is 247 Å². The molecule has 1 aromatic heterocycles. The average Bonchev–Trinajstić information content (AvgIpc) is 3.88. The molecule has 5 amide bonds. The number of nitrogens with one attached hydrogen (secondary N) is 3. The Morgan fingerprint density at radius 2 is 1.64 bits per heavy atom. The highest BCUT2D eigenvalue weighted by Crippen LogP contribution is 2.34. The van der Waals surface area contributed by atoms with Crippen LogP contribution in [0.4, 0.5) is 0 Å². The summed E-state index contributed by atoms with van der Waals surface area (Å²) in [5, 5.41) is 29.5. The van der Waals surface area contributed by atoms with Gasteiger partial charge >= 0.3 is 11.9 Å². The molecule has 0 aliphatic carbocycles. The first-order valence-corrected chi connectivity index (χ1v) is 23.7. The number of aliphatic hydroxyl groups excluding tert-OH is 1. The van der Waals surface area contributed by atoms with Crippen LogP contribution >= 0.6 is 11.6 Å². The van der Waals surface area contributed by atoms with Gasteiger partial charge in [0.1, 0.15) is 29.6 Å². The maximum Gasteiger partial charge on any atom is 0.335 e. The Kier molecular flexibility index (Phi) is 18.8. The second-order valence-corrected chi connectivity index (χ2v) is 20.2. The molecule has 5 rings (SSSR count). The van der Waals surface area contributed by atoms with E-state index in [2.05, 4.69) is 26.3 Å². The molecule has 0 spiro atoms. The Labute approximate surface area is 413 Å². The number of ether oxygens (including phenoxy) is 3. The molecule has 1 unspecified atom stereocenters. The van der Waals surface area contributed by atoms with Gasteiger partial charge in [0.2, 0.25) is 17.7 Å². The molecule has 0 saturated carbocycles. The van der Waals surface area contributed by atoms with Crippen molar-refractivity contribution >= 4 is 53.1 Å². The molecule has 19 nitrogen and oxygen atoms in total. The van der Waals surface area contributed by atoms with Crippen molar-refractivity contribution in [2.45, 2.75) is 137 Å². The lowest BCUT2D eigenvalue weighted by molar-refractivity contribution is -0.198. The molecule has 380 valence electrons. The van der Waals surface area contributed by atoms with Crippen LogP contribution in [0.1, 0.15) is 116 Å². The number of carbonyl (C=O) groups is 7. The molecule has 2 aliphatic rings. The van der Waals surface area contributed by atoms with Crippen molar-refractivity contribution in [3.63, 3.8) is 0 Å². The number of esters is 1. The highest BCUT2D eigenvalue weighted by Gasteiger charge is 2.41. The third kappa shape index (κ3) is 15.2. The Bertz CT molecular complexity index is 2380. The standard InChI is InChI=1S/C50H66ClN7O12/c1-29(30(2)45(63)34-16-13-32(14-17-34)26-57-27-35(55-56-57)28-68-22-21-44(62)70-58-42(60)19-20-43(58)61)39-11-10-12-41(59)53-37(24-33-15-18-40(67-9)36(51)23-33)46(64)52-31(3)50(7,8)48(66)54-38(47(65)69-39)25-49(4,5)6/h10,12-18,23,27,29-31,37-39,45,63H,11,19-22,24-26,28H2,1-9H3,(H,52,64)(H,53,59)(H,54,66)/b12-10+/t29?,30-,31+,37-,38+,39+,45+/m1/s1. The van der Waals surface area contributed by atoms with Crippen molar-refractivity contribution in [1.29, 1.82) is 0 Å². The first kappa shape index (κ1) is 54.8. The number of cyclic esters (lactones) is 1. The molecular weight excluding hydrogens is 926 g/mol. The first-order chi connectivity index (χ1) is 32.9. The number of hydrogen-bond donors (Lipinski definition) is 4. The quantitative estimate of drug-likeness (QED) is 0.0851. The Morgan fingerprint density at radius 3 is 2.29 bits per heavy atom. The molecule has 7 atom stereocenters. The number of benzene rings is 2. The van der Waals surface area contributed by atoms with E-state index in [-0.39, 0.29) is 51.7 Å². The fourth-order valence-electron chi connectivity index (χ4n) is 7.81. The number of imide groups is 1. The van der Waals surface area contributed by atoms with Crippen LogP contribution in [0.25, 0.3) is 0 Å². The number of halogens is 1. The summed E-state index contributed by atoms with van der Waals surface area (Å²) in [6.07, 6.45) is 2.90. The van der Waals surface area contributed by atoms with Crippen LogP contribution in [-0.2, 0) is 67.4 Å². The molecule has 2 aliphatic heterocycles. The van der Waals surface area contributed by atoms with E-state index in [1.165, 1.54) is 13.2 Å². The fourth-order valence-corrected chi connectivity index (χ4v) is 8.09. The number of aliphatic hydroxyl groups is 1. The SMILES string of the molecule is COc1ccc(C[C@H]2NC(=O)/C=C/C[C@@H](C(C)[C@@H](C)[C@H](O)c3ccc(Cn4cc(COCCC(=O)ON5C(=O)CCC5=O)nn4)cc3)OC(=O)[C@H](CC(C)(C)C)NC(=O)C(C)(C)[C@H](C)NC2=O)cc1Cl. The van der Waals surface area contributed by atoms with Gasteiger partial charge in [-0.1, -0.05) is 87.8 Å². The Hall–Kier alpha value is -6.18. The second-order valence-electron chi connectivity index (χ2n) is 19.8. The highest BCUT2D eigenvalue weighted by molar-refractivity contribution is 6.32. The largest absolute Gasteiger partial charge is 0.495 e. The van der Waals surface area contributed by atoms with Gasteiger partial charge in [-0.25, -0.2) is 14.3 Å². The number of hydrogen-bond acceptors (Lipinski definition) is 14. The summed E-state index contributed by atoms with van der Waals surface area (Å²) in [7, 11) is 1.49. The minimum atomic E-state index is -1.22. The van der Waals surface area contributed by atoms with Gasteiger partial charge in [0.25, 0.3) is 11.8 Å². The lowest BCUT2D eigenvalue weighted by Crippen LogP contribution is -2.58. The third-order valence-electron chi connectivity index (χ3n) is 12.7. The molecule has 3 heterocycles. The van der Waals surface area contributed by atoms with Gasteiger partial charge in [0.05, 0.1) is 56.0 Å². The summed E-state index contributed by atoms with van der Waals surface area (Å²) in [6, 6.07) is 9.50. The van der Waals surface area contributed by atoms with Gasteiger partial charge in [-0.15, -0.1) is 10.2 Å². The summed E-state index contributed by atoms with van der Waals surface area (Å²) < 4.78 is 18.7. The van der Waals surface area contributed by atoms with Crippen molar-refractivity contribution in [1.82, 2.24) is 36.0 Å². The van der Waals surface area contributed by atoms with Crippen LogP contribution in [0.15, 0.2) is 60.8 Å². The van der Waals surface area contributed by atoms with E-state index >= 15 is 0 Å². The zero-order valence-corrected chi connectivity index (χ0v) is 42.0. The van der Waals surface area contributed by atoms with Crippen molar-refractivity contribution in [2.24, 2.45) is 22.7 Å². The van der Waals surface area contributed by atoms with Crippen molar-refractivity contribution < 1.29 is 57.7 Å². The number of nitrogens with zero attached hydrogens (tertiary/aromatic N) is 4. The van der Waals surface area contributed by atoms with Gasteiger partial charge in [-0.3, -0.25) is 24.0 Å². The van der Waals surface area contributed by atoms with Crippen LogP contribution < -0.4 is 20.7 Å². The summed E-state index contributed by atoms with van der Waals surface area (Å²) >= 11 is 6.40. The molecule has 1 fully saturated rings.